The molecule has 144 valence electrons. The Morgan fingerprint density at radius 2 is 1.86 bits per heavy atom. The summed E-state index contributed by atoms with van der Waals surface area (Å²) in [5.74, 6) is 0. The van der Waals surface area contributed by atoms with E-state index >= 15 is 0 Å². The van der Waals surface area contributed by atoms with Crippen LogP contribution in [0.1, 0.15) is 11.1 Å². The lowest BCUT2D eigenvalue weighted by Gasteiger charge is -2.32. The zero-order chi connectivity index (χ0) is 19.3. The van der Waals surface area contributed by atoms with Crippen molar-refractivity contribution < 1.29 is 4.79 Å². The van der Waals surface area contributed by atoms with Crippen molar-refractivity contribution >= 4 is 28.6 Å². The van der Waals surface area contributed by atoms with Gasteiger partial charge in [-0.15, -0.1) is 11.3 Å². The first-order valence-electron chi connectivity index (χ1n) is 9.51. The first-order chi connectivity index (χ1) is 13.7. The van der Waals surface area contributed by atoms with Gasteiger partial charge in [0.2, 0.25) is 6.41 Å². The van der Waals surface area contributed by atoms with E-state index in [-0.39, 0.29) is 0 Å². The Bertz CT molecular complexity index is 933. The van der Waals surface area contributed by atoms with Gasteiger partial charge in [0.1, 0.15) is 0 Å². The molecule has 2 aromatic carbocycles. The Morgan fingerprint density at radius 1 is 1.07 bits per heavy atom. The summed E-state index contributed by atoms with van der Waals surface area (Å²) < 4.78 is 0. The zero-order valence-electron chi connectivity index (χ0n) is 16.0. The van der Waals surface area contributed by atoms with Crippen molar-refractivity contribution in [2.45, 2.75) is 13.5 Å². The number of benzene rings is 2. The van der Waals surface area contributed by atoms with Crippen LogP contribution in [0.4, 0.5) is 10.8 Å². The lowest BCUT2D eigenvalue weighted by atomic mass is 10.1. The Hall–Kier alpha value is -2.70. The van der Waals surface area contributed by atoms with Crippen molar-refractivity contribution in [3.05, 3.63) is 65.0 Å². The maximum atomic E-state index is 10.9. The third kappa shape index (κ3) is 4.24. The molecule has 0 bridgehead atoms. The number of hydrogen-bond acceptors (Lipinski definition) is 5. The number of anilines is 2. The molecule has 1 aliphatic rings. The van der Waals surface area contributed by atoms with E-state index in [1.807, 2.05) is 23.1 Å². The predicted molar refractivity (Wildman–Crippen MR) is 115 cm³/mol. The van der Waals surface area contributed by atoms with E-state index in [4.69, 9.17) is 4.98 Å². The zero-order valence-corrected chi connectivity index (χ0v) is 16.8. The summed E-state index contributed by atoms with van der Waals surface area (Å²) in [4.78, 5) is 19.9. The summed E-state index contributed by atoms with van der Waals surface area (Å²) in [6, 6.07) is 16.6. The minimum atomic E-state index is 0.807. The molecule has 1 saturated heterocycles. The quantitative estimate of drug-likeness (QED) is 0.641. The molecule has 28 heavy (non-hydrogen) atoms. The number of amides is 1. The molecule has 1 amide bonds. The topological polar surface area (TPSA) is 48.5 Å². The number of nitrogens with zero attached hydrogens (tertiary/aromatic N) is 3. The van der Waals surface area contributed by atoms with Gasteiger partial charge in [0.05, 0.1) is 5.69 Å². The van der Waals surface area contributed by atoms with Gasteiger partial charge in [0.15, 0.2) is 5.13 Å². The van der Waals surface area contributed by atoms with Crippen LogP contribution in [0.2, 0.25) is 0 Å². The van der Waals surface area contributed by atoms with E-state index in [0.29, 0.717) is 0 Å². The maximum Gasteiger partial charge on any atom is 0.209 e. The first-order valence-corrected chi connectivity index (χ1v) is 10.4. The number of hydrogen-bond donors (Lipinski definition) is 1. The van der Waals surface area contributed by atoms with Crippen LogP contribution in [0.5, 0.6) is 0 Å². The van der Waals surface area contributed by atoms with Crippen molar-refractivity contribution in [3.8, 4) is 11.3 Å². The van der Waals surface area contributed by atoms with Gasteiger partial charge in [-0.05, 0) is 24.1 Å². The lowest BCUT2D eigenvalue weighted by molar-refractivity contribution is -0.119. The first kappa shape index (κ1) is 18.7. The van der Waals surface area contributed by atoms with Crippen molar-refractivity contribution in [1.29, 1.82) is 0 Å². The fourth-order valence-electron chi connectivity index (χ4n) is 3.45. The molecule has 1 N–H and O–H groups in total. The predicted octanol–water partition coefficient (Wildman–Crippen LogP) is 4.14. The highest BCUT2D eigenvalue weighted by Gasteiger charge is 2.17. The Labute approximate surface area is 169 Å². The molecule has 3 aromatic rings. The molecule has 0 aliphatic carbocycles. The van der Waals surface area contributed by atoms with Gasteiger partial charge in [-0.25, -0.2) is 4.98 Å². The van der Waals surface area contributed by atoms with E-state index in [9.17, 15) is 4.79 Å². The molecule has 0 unspecified atom stereocenters. The van der Waals surface area contributed by atoms with Crippen LogP contribution < -0.4 is 5.32 Å². The minimum Gasteiger partial charge on any atom is -0.343 e. The molecule has 1 fully saturated rings. The number of carbonyl (C=O) groups excluding carboxylic acids is 1. The van der Waals surface area contributed by atoms with Gasteiger partial charge in [0.25, 0.3) is 0 Å². The van der Waals surface area contributed by atoms with Crippen molar-refractivity contribution in [2.75, 3.05) is 31.5 Å². The molecule has 0 atom stereocenters. The molecule has 4 rings (SSSR count). The summed E-state index contributed by atoms with van der Waals surface area (Å²) >= 11 is 1.62. The second kappa shape index (κ2) is 8.54. The molecule has 6 heteroatoms. The van der Waals surface area contributed by atoms with E-state index in [1.54, 1.807) is 11.3 Å². The molecule has 1 aromatic heterocycles. The van der Waals surface area contributed by atoms with E-state index in [1.165, 1.54) is 11.1 Å². The summed E-state index contributed by atoms with van der Waals surface area (Å²) in [7, 11) is 0. The number of carbonyl (C=O) groups is 1. The largest absolute Gasteiger partial charge is 0.343 e. The second-order valence-electron chi connectivity index (χ2n) is 7.04. The third-order valence-electron chi connectivity index (χ3n) is 5.21. The smallest absolute Gasteiger partial charge is 0.209 e. The number of piperazine rings is 1. The number of rotatable bonds is 6. The van der Waals surface area contributed by atoms with E-state index < -0.39 is 0 Å². The van der Waals surface area contributed by atoms with Crippen LogP contribution in [-0.2, 0) is 11.3 Å². The third-order valence-corrected chi connectivity index (χ3v) is 5.97. The summed E-state index contributed by atoms with van der Waals surface area (Å²) in [5.41, 5.74) is 5.78. The summed E-state index contributed by atoms with van der Waals surface area (Å²) in [6.07, 6.45) is 0.949. The standard InChI is InChI=1S/C22H24N4OS/c1-17-19(14-25-10-12-26(16-27)13-11-25)8-5-9-20(17)23-22-24-21(15-28-22)18-6-3-2-4-7-18/h2-9,15-16H,10-14H2,1H3,(H,23,24). The van der Waals surface area contributed by atoms with E-state index in [2.05, 4.69) is 52.9 Å². The normalized spacial score (nSPS) is 14.8. The number of nitrogens with one attached hydrogen (secondary N) is 1. The number of thiazole rings is 1. The van der Waals surface area contributed by atoms with Gasteiger partial charge in [-0.3, -0.25) is 9.69 Å². The maximum absolute atomic E-state index is 10.9. The Kier molecular flexibility index (Phi) is 5.69. The molecule has 0 radical (unpaired) electrons. The molecule has 0 saturated carbocycles. The van der Waals surface area contributed by atoms with Gasteiger partial charge in [-0.2, -0.15) is 0 Å². The summed E-state index contributed by atoms with van der Waals surface area (Å²) in [5, 5.41) is 6.48. The average molecular weight is 393 g/mol. The molecule has 0 spiro atoms. The molecule has 5 nitrogen and oxygen atoms in total. The van der Waals surface area contributed by atoms with Gasteiger partial charge in [0, 0.05) is 49.4 Å². The fraction of sp³-hybridized carbons (Fsp3) is 0.273. The second-order valence-corrected chi connectivity index (χ2v) is 7.89. The van der Waals surface area contributed by atoms with Crippen molar-refractivity contribution in [2.24, 2.45) is 0 Å². The lowest BCUT2D eigenvalue weighted by Crippen LogP contribution is -2.45. The average Bonchev–Trinajstić information content (AvgIpc) is 3.21. The molecule has 2 heterocycles. The molecular weight excluding hydrogens is 368 g/mol. The van der Waals surface area contributed by atoms with Crippen LogP contribution in [-0.4, -0.2) is 47.4 Å². The van der Waals surface area contributed by atoms with Gasteiger partial charge >= 0.3 is 0 Å². The fourth-order valence-corrected chi connectivity index (χ4v) is 4.18. The molecular formula is C22H24N4OS. The van der Waals surface area contributed by atoms with E-state index in [0.717, 1.165) is 61.2 Å². The van der Waals surface area contributed by atoms with Crippen LogP contribution in [0.3, 0.4) is 0 Å². The van der Waals surface area contributed by atoms with Crippen LogP contribution in [0, 0.1) is 6.92 Å². The van der Waals surface area contributed by atoms with Gasteiger partial charge in [-0.1, -0.05) is 42.5 Å². The van der Waals surface area contributed by atoms with Crippen LogP contribution in [0.15, 0.2) is 53.9 Å². The summed E-state index contributed by atoms with van der Waals surface area (Å²) in [6.45, 7) is 6.52. The van der Waals surface area contributed by atoms with Crippen molar-refractivity contribution in [3.63, 3.8) is 0 Å². The molecule has 1 aliphatic heterocycles. The Morgan fingerprint density at radius 3 is 2.61 bits per heavy atom. The van der Waals surface area contributed by atoms with Crippen LogP contribution >= 0.6 is 11.3 Å². The van der Waals surface area contributed by atoms with Crippen molar-refractivity contribution in [1.82, 2.24) is 14.8 Å². The highest BCUT2D eigenvalue weighted by molar-refractivity contribution is 7.14. The minimum absolute atomic E-state index is 0.807. The monoisotopic (exact) mass is 392 g/mol. The van der Waals surface area contributed by atoms with Crippen LogP contribution in [0.25, 0.3) is 11.3 Å². The number of aromatic nitrogens is 1. The Balaban J connectivity index is 1.45. The highest BCUT2D eigenvalue weighted by atomic mass is 32.1. The van der Waals surface area contributed by atoms with Gasteiger partial charge < -0.3 is 10.2 Å². The SMILES string of the molecule is Cc1c(CN2CCN(C=O)CC2)cccc1Nc1nc(-c2ccccc2)cs1. The highest BCUT2D eigenvalue weighted by Crippen LogP contribution is 2.29.